The Morgan fingerprint density at radius 2 is 2.11 bits per heavy atom. The molecule has 1 saturated heterocycles. The lowest BCUT2D eigenvalue weighted by Crippen LogP contribution is -2.44. The van der Waals surface area contributed by atoms with E-state index in [1.54, 1.807) is 0 Å². The number of nitrogens with one attached hydrogen (secondary N) is 1. The lowest BCUT2D eigenvalue weighted by Gasteiger charge is -2.35. The number of benzene rings is 1. The molecule has 2 atom stereocenters. The lowest BCUT2D eigenvalue weighted by molar-refractivity contribution is -0.0687. The summed E-state index contributed by atoms with van der Waals surface area (Å²) in [5.74, 6) is 0.615. The van der Waals surface area contributed by atoms with Crippen LogP contribution in [-0.4, -0.2) is 19.2 Å². The molecule has 0 aromatic heterocycles. The Hall–Kier alpha value is -0.0900. The standard InChI is InChI=1S/C15H21BrClNO/c1-3-10(4-2)14-8-18-9-15(19-14)12-6-5-11(16)7-13(12)17/h5-7,10,14-15,18H,3-4,8-9H2,1-2H3. The molecule has 1 N–H and O–H groups in total. The van der Waals surface area contributed by atoms with E-state index < -0.39 is 0 Å². The highest BCUT2D eigenvalue weighted by Crippen LogP contribution is 2.32. The fourth-order valence-electron chi connectivity index (χ4n) is 2.70. The molecule has 0 bridgehead atoms. The molecule has 0 radical (unpaired) electrons. The van der Waals surface area contributed by atoms with Crippen LogP contribution in [0.3, 0.4) is 0 Å². The van der Waals surface area contributed by atoms with Gasteiger partial charge in [0.05, 0.1) is 12.2 Å². The van der Waals surface area contributed by atoms with Crippen LogP contribution in [0.5, 0.6) is 0 Å². The zero-order valence-electron chi connectivity index (χ0n) is 11.5. The molecule has 0 saturated carbocycles. The van der Waals surface area contributed by atoms with Crippen molar-refractivity contribution < 1.29 is 4.74 Å². The summed E-state index contributed by atoms with van der Waals surface area (Å²) in [7, 11) is 0. The Morgan fingerprint density at radius 3 is 2.74 bits per heavy atom. The maximum atomic E-state index is 6.32. The smallest absolute Gasteiger partial charge is 0.0968 e. The highest BCUT2D eigenvalue weighted by Gasteiger charge is 2.28. The number of ether oxygens (including phenoxy) is 1. The van der Waals surface area contributed by atoms with E-state index in [1.165, 1.54) is 0 Å². The van der Waals surface area contributed by atoms with Gasteiger partial charge in [-0.2, -0.15) is 0 Å². The van der Waals surface area contributed by atoms with Gasteiger partial charge in [0.2, 0.25) is 0 Å². The topological polar surface area (TPSA) is 21.3 Å². The predicted molar refractivity (Wildman–Crippen MR) is 83.7 cm³/mol. The summed E-state index contributed by atoms with van der Waals surface area (Å²) < 4.78 is 7.28. The normalized spacial score (nSPS) is 23.8. The third-order valence-corrected chi connectivity index (χ3v) is 4.72. The van der Waals surface area contributed by atoms with Crippen molar-refractivity contribution >= 4 is 27.5 Å². The summed E-state index contributed by atoms with van der Waals surface area (Å²) in [6.07, 6.45) is 2.65. The van der Waals surface area contributed by atoms with Gasteiger partial charge in [0.15, 0.2) is 0 Å². The molecule has 2 unspecified atom stereocenters. The van der Waals surface area contributed by atoms with Crippen molar-refractivity contribution in [3.63, 3.8) is 0 Å². The highest BCUT2D eigenvalue weighted by atomic mass is 79.9. The van der Waals surface area contributed by atoms with E-state index in [1.807, 2.05) is 18.2 Å². The molecule has 0 aliphatic carbocycles. The largest absolute Gasteiger partial charge is 0.367 e. The average Bonchev–Trinajstić information content (AvgIpc) is 2.40. The Morgan fingerprint density at radius 1 is 1.37 bits per heavy atom. The van der Waals surface area contributed by atoms with Crippen LogP contribution in [0.25, 0.3) is 0 Å². The summed E-state index contributed by atoms with van der Waals surface area (Å²) in [5.41, 5.74) is 1.08. The van der Waals surface area contributed by atoms with Gasteiger partial charge in [0.25, 0.3) is 0 Å². The quantitative estimate of drug-likeness (QED) is 0.862. The van der Waals surface area contributed by atoms with Crippen LogP contribution in [-0.2, 0) is 4.74 Å². The summed E-state index contributed by atoms with van der Waals surface area (Å²) in [6.45, 7) is 6.23. The molecule has 0 spiro atoms. The van der Waals surface area contributed by atoms with Gasteiger partial charge in [-0.05, 0) is 18.1 Å². The van der Waals surface area contributed by atoms with Crippen molar-refractivity contribution in [1.29, 1.82) is 0 Å². The highest BCUT2D eigenvalue weighted by molar-refractivity contribution is 9.10. The van der Waals surface area contributed by atoms with Crippen molar-refractivity contribution in [3.8, 4) is 0 Å². The molecule has 1 aromatic rings. The molecular weight excluding hydrogens is 326 g/mol. The van der Waals surface area contributed by atoms with Crippen molar-refractivity contribution in [3.05, 3.63) is 33.3 Å². The minimum Gasteiger partial charge on any atom is -0.367 e. The summed E-state index contributed by atoms with van der Waals surface area (Å²) in [4.78, 5) is 0. The van der Waals surface area contributed by atoms with Gasteiger partial charge in [-0.15, -0.1) is 0 Å². The Labute approximate surface area is 129 Å². The van der Waals surface area contributed by atoms with E-state index in [4.69, 9.17) is 16.3 Å². The molecule has 1 aliphatic rings. The van der Waals surface area contributed by atoms with Crippen LogP contribution in [0.15, 0.2) is 22.7 Å². The average molecular weight is 347 g/mol. The van der Waals surface area contributed by atoms with E-state index >= 15 is 0 Å². The minimum absolute atomic E-state index is 0.0555. The number of halogens is 2. The van der Waals surface area contributed by atoms with E-state index in [9.17, 15) is 0 Å². The first-order chi connectivity index (χ1) is 9.15. The second-order valence-electron chi connectivity index (χ2n) is 5.06. The van der Waals surface area contributed by atoms with E-state index in [2.05, 4.69) is 35.1 Å². The third kappa shape index (κ3) is 3.72. The first-order valence-electron chi connectivity index (χ1n) is 6.96. The van der Waals surface area contributed by atoms with E-state index in [-0.39, 0.29) is 12.2 Å². The molecule has 106 valence electrons. The van der Waals surface area contributed by atoms with Gasteiger partial charge in [0.1, 0.15) is 0 Å². The van der Waals surface area contributed by atoms with Crippen molar-refractivity contribution in [2.75, 3.05) is 13.1 Å². The van der Waals surface area contributed by atoms with Gasteiger partial charge >= 0.3 is 0 Å². The van der Waals surface area contributed by atoms with Crippen molar-refractivity contribution in [2.45, 2.75) is 38.9 Å². The fraction of sp³-hybridized carbons (Fsp3) is 0.600. The maximum Gasteiger partial charge on any atom is 0.0968 e. The van der Waals surface area contributed by atoms with Gasteiger partial charge in [0, 0.05) is 28.1 Å². The van der Waals surface area contributed by atoms with Crippen LogP contribution in [0, 0.1) is 5.92 Å². The Bertz CT molecular complexity index is 423. The van der Waals surface area contributed by atoms with Crippen LogP contribution >= 0.6 is 27.5 Å². The van der Waals surface area contributed by atoms with Crippen LogP contribution < -0.4 is 5.32 Å². The number of hydrogen-bond donors (Lipinski definition) is 1. The lowest BCUT2D eigenvalue weighted by atomic mass is 9.94. The van der Waals surface area contributed by atoms with Gasteiger partial charge < -0.3 is 10.1 Å². The number of rotatable bonds is 4. The fourth-order valence-corrected chi connectivity index (χ4v) is 3.50. The SMILES string of the molecule is CCC(CC)C1CNCC(c2ccc(Br)cc2Cl)O1. The molecule has 1 fully saturated rings. The molecule has 1 aliphatic heterocycles. The first kappa shape index (κ1) is 15.3. The molecule has 19 heavy (non-hydrogen) atoms. The molecule has 4 heteroatoms. The maximum absolute atomic E-state index is 6.32. The van der Waals surface area contributed by atoms with Gasteiger partial charge in [-0.25, -0.2) is 0 Å². The number of morpholine rings is 1. The summed E-state index contributed by atoms with van der Waals surface area (Å²) >= 11 is 9.76. The second-order valence-corrected chi connectivity index (χ2v) is 6.39. The molecule has 2 nitrogen and oxygen atoms in total. The minimum atomic E-state index is 0.0555. The van der Waals surface area contributed by atoms with Crippen molar-refractivity contribution in [1.82, 2.24) is 5.32 Å². The number of hydrogen-bond acceptors (Lipinski definition) is 2. The zero-order valence-corrected chi connectivity index (χ0v) is 13.8. The molecular formula is C15H21BrClNO. The third-order valence-electron chi connectivity index (χ3n) is 3.90. The summed E-state index contributed by atoms with van der Waals surface area (Å²) in [6, 6.07) is 6.00. The van der Waals surface area contributed by atoms with E-state index in [0.717, 1.165) is 41.0 Å². The zero-order chi connectivity index (χ0) is 13.8. The van der Waals surface area contributed by atoms with Gasteiger partial charge in [-0.1, -0.05) is 60.3 Å². The Balaban J connectivity index is 2.12. The first-order valence-corrected chi connectivity index (χ1v) is 8.13. The Kier molecular flexibility index (Phi) is 5.70. The van der Waals surface area contributed by atoms with Crippen LogP contribution in [0.1, 0.15) is 38.4 Å². The molecule has 1 aromatic carbocycles. The molecule has 0 amide bonds. The summed E-state index contributed by atoms with van der Waals surface area (Å²) in [5, 5.41) is 4.25. The van der Waals surface area contributed by atoms with E-state index in [0.29, 0.717) is 5.92 Å². The second kappa shape index (κ2) is 7.07. The van der Waals surface area contributed by atoms with Gasteiger partial charge in [-0.3, -0.25) is 0 Å². The predicted octanol–water partition coefficient (Wildman–Crippen LogP) is 4.57. The molecule has 1 heterocycles. The van der Waals surface area contributed by atoms with Crippen LogP contribution in [0.4, 0.5) is 0 Å². The van der Waals surface area contributed by atoms with Crippen LogP contribution in [0.2, 0.25) is 5.02 Å². The molecule has 2 rings (SSSR count). The monoisotopic (exact) mass is 345 g/mol. The van der Waals surface area contributed by atoms with Crippen molar-refractivity contribution in [2.24, 2.45) is 5.92 Å².